The molecule has 1 aromatic carbocycles. The van der Waals surface area contributed by atoms with Crippen molar-refractivity contribution in [2.45, 2.75) is 18.7 Å². The summed E-state index contributed by atoms with van der Waals surface area (Å²) in [4.78, 5) is 3.91. The number of hydrogen-bond donors (Lipinski definition) is 0. The van der Waals surface area contributed by atoms with E-state index >= 15 is 0 Å². The van der Waals surface area contributed by atoms with Gasteiger partial charge in [-0.25, -0.2) is 0 Å². The lowest BCUT2D eigenvalue weighted by Crippen LogP contribution is -2.27. The molecule has 0 aromatic heterocycles. The third-order valence-corrected chi connectivity index (χ3v) is 1.96. The molecule has 0 aliphatic carbocycles. The minimum Gasteiger partial charge on any atom is -0.482 e. The van der Waals surface area contributed by atoms with Crippen LogP contribution in [0.25, 0.3) is 0 Å². The van der Waals surface area contributed by atoms with Crippen LogP contribution in [-0.4, -0.2) is 18.5 Å². The van der Waals surface area contributed by atoms with E-state index in [2.05, 4.69) is 4.99 Å². The first kappa shape index (κ1) is 10.0. The standard InChI is InChI=1S/C10H8F3NO/c11-10(12,13)5-7-6-14-8-3-1-2-4-9(8)15-7/h1-4,6-7H,5H2. The highest BCUT2D eigenvalue weighted by molar-refractivity contribution is 5.73. The molecule has 1 aliphatic heterocycles. The zero-order valence-electron chi connectivity index (χ0n) is 7.66. The Morgan fingerprint density at radius 3 is 2.73 bits per heavy atom. The summed E-state index contributed by atoms with van der Waals surface area (Å²) < 4.78 is 41.4. The Morgan fingerprint density at radius 2 is 2.00 bits per heavy atom. The number of alkyl halides is 3. The summed E-state index contributed by atoms with van der Waals surface area (Å²) in [6.07, 6.45) is -5.07. The van der Waals surface area contributed by atoms with Gasteiger partial charge in [0.05, 0.1) is 6.42 Å². The highest BCUT2D eigenvalue weighted by Gasteiger charge is 2.33. The second kappa shape index (κ2) is 3.56. The van der Waals surface area contributed by atoms with Crippen LogP contribution in [-0.2, 0) is 0 Å². The van der Waals surface area contributed by atoms with Crippen molar-refractivity contribution in [2.75, 3.05) is 0 Å². The molecule has 1 aliphatic rings. The molecule has 0 saturated carbocycles. The van der Waals surface area contributed by atoms with E-state index in [0.29, 0.717) is 11.4 Å². The van der Waals surface area contributed by atoms with E-state index < -0.39 is 18.7 Å². The Labute approximate surface area is 84.4 Å². The van der Waals surface area contributed by atoms with Gasteiger partial charge in [0.15, 0.2) is 0 Å². The van der Waals surface area contributed by atoms with E-state index in [0.717, 1.165) is 0 Å². The lowest BCUT2D eigenvalue weighted by molar-refractivity contribution is -0.144. The summed E-state index contributed by atoms with van der Waals surface area (Å²) in [5, 5.41) is 0. The number of ether oxygens (including phenoxy) is 1. The first-order chi connectivity index (χ1) is 7.04. The van der Waals surface area contributed by atoms with E-state index in [4.69, 9.17) is 4.74 Å². The Hall–Kier alpha value is -1.52. The van der Waals surface area contributed by atoms with Crippen molar-refractivity contribution in [2.24, 2.45) is 4.99 Å². The number of hydrogen-bond acceptors (Lipinski definition) is 2. The fraction of sp³-hybridized carbons (Fsp3) is 0.300. The van der Waals surface area contributed by atoms with Gasteiger partial charge in [0.2, 0.25) is 0 Å². The molecule has 0 fully saturated rings. The summed E-state index contributed by atoms with van der Waals surface area (Å²) in [7, 11) is 0. The van der Waals surface area contributed by atoms with Crippen molar-refractivity contribution in [3.63, 3.8) is 0 Å². The summed E-state index contributed by atoms with van der Waals surface area (Å²) in [6, 6.07) is 6.75. The van der Waals surface area contributed by atoms with Crippen molar-refractivity contribution >= 4 is 11.9 Å². The van der Waals surface area contributed by atoms with Crippen LogP contribution in [0.5, 0.6) is 5.75 Å². The Kier molecular flexibility index (Phi) is 2.38. The zero-order valence-corrected chi connectivity index (χ0v) is 7.66. The van der Waals surface area contributed by atoms with Gasteiger partial charge in [-0.2, -0.15) is 13.2 Å². The molecule has 1 aromatic rings. The van der Waals surface area contributed by atoms with E-state index in [1.54, 1.807) is 24.3 Å². The van der Waals surface area contributed by atoms with E-state index in [9.17, 15) is 13.2 Å². The van der Waals surface area contributed by atoms with E-state index in [1.165, 1.54) is 6.21 Å². The highest BCUT2D eigenvalue weighted by Crippen LogP contribution is 2.33. The molecule has 80 valence electrons. The molecule has 0 spiro atoms. The minimum atomic E-state index is -4.23. The number of fused-ring (bicyclic) bond motifs is 1. The topological polar surface area (TPSA) is 21.6 Å². The second-order valence-corrected chi connectivity index (χ2v) is 3.22. The Balaban J connectivity index is 2.13. The van der Waals surface area contributed by atoms with Crippen LogP contribution in [0.3, 0.4) is 0 Å². The summed E-state index contributed by atoms with van der Waals surface area (Å²) in [5.74, 6) is 0.397. The van der Waals surface area contributed by atoms with Crippen molar-refractivity contribution in [1.82, 2.24) is 0 Å². The molecule has 0 N–H and O–H groups in total. The number of benzene rings is 1. The molecule has 0 radical (unpaired) electrons. The molecule has 2 nitrogen and oxygen atoms in total. The first-order valence-corrected chi connectivity index (χ1v) is 4.41. The van der Waals surface area contributed by atoms with Crippen LogP contribution in [0, 0.1) is 0 Å². The molecule has 15 heavy (non-hydrogen) atoms. The van der Waals surface area contributed by atoms with Gasteiger partial charge in [-0.1, -0.05) is 12.1 Å². The van der Waals surface area contributed by atoms with Crippen LogP contribution < -0.4 is 4.74 Å². The lowest BCUT2D eigenvalue weighted by Gasteiger charge is -2.21. The number of rotatable bonds is 1. The smallest absolute Gasteiger partial charge is 0.393 e. The molecule has 0 amide bonds. The molecule has 5 heteroatoms. The largest absolute Gasteiger partial charge is 0.482 e. The highest BCUT2D eigenvalue weighted by atomic mass is 19.4. The van der Waals surface area contributed by atoms with Crippen LogP contribution in [0.4, 0.5) is 18.9 Å². The average molecular weight is 215 g/mol. The summed E-state index contributed by atoms with van der Waals surface area (Å²) >= 11 is 0. The number of aliphatic imine (C=N–C) groups is 1. The predicted molar refractivity (Wildman–Crippen MR) is 49.7 cm³/mol. The fourth-order valence-electron chi connectivity index (χ4n) is 1.34. The number of nitrogens with zero attached hydrogens (tertiary/aromatic N) is 1. The van der Waals surface area contributed by atoms with Crippen LogP contribution in [0.15, 0.2) is 29.3 Å². The van der Waals surface area contributed by atoms with Crippen LogP contribution >= 0.6 is 0 Å². The summed E-state index contributed by atoms with van der Waals surface area (Å²) in [6.45, 7) is 0. The van der Waals surface area contributed by atoms with Crippen LogP contribution in [0.2, 0.25) is 0 Å². The van der Waals surface area contributed by atoms with Crippen molar-refractivity contribution in [3.05, 3.63) is 24.3 Å². The third-order valence-electron chi connectivity index (χ3n) is 1.96. The predicted octanol–water partition coefficient (Wildman–Crippen LogP) is 3.10. The number of para-hydroxylation sites is 2. The van der Waals surface area contributed by atoms with Gasteiger partial charge in [0, 0.05) is 6.21 Å². The SMILES string of the molecule is FC(F)(F)CC1C=Nc2ccccc2O1. The average Bonchev–Trinajstić information content (AvgIpc) is 2.15. The monoisotopic (exact) mass is 215 g/mol. The van der Waals surface area contributed by atoms with Crippen molar-refractivity contribution < 1.29 is 17.9 Å². The van der Waals surface area contributed by atoms with Gasteiger partial charge >= 0.3 is 6.18 Å². The molecular formula is C10H8F3NO. The molecular weight excluding hydrogens is 207 g/mol. The van der Waals surface area contributed by atoms with Crippen molar-refractivity contribution in [1.29, 1.82) is 0 Å². The van der Waals surface area contributed by atoms with E-state index in [-0.39, 0.29) is 0 Å². The Bertz CT molecular complexity index is 386. The van der Waals surface area contributed by atoms with Gasteiger partial charge in [-0.3, -0.25) is 4.99 Å². The molecule has 1 heterocycles. The first-order valence-electron chi connectivity index (χ1n) is 4.41. The fourth-order valence-corrected chi connectivity index (χ4v) is 1.34. The lowest BCUT2D eigenvalue weighted by atomic mass is 10.2. The molecule has 0 saturated heterocycles. The minimum absolute atomic E-state index is 0.397. The van der Waals surface area contributed by atoms with Gasteiger partial charge in [0.1, 0.15) is 17.5 Å². The maximum Gasteiger partial charge on any atom is 0.393 e. The van der Waals surface area contributed by atoms with Crippen molar-refractivity contribution in [3.8, 4) is 5.75 Å². The molecule has 1 atom stereocenters. The van der Waals surface area contributed by atoms with Gasteiger partial charge in [0.25, 0.3) is 0 Å². The van der Waals surface area contributed by atoms with Crippen LogP contribution in [0.1, 0.15) is 6.42 Å². The van der Waals surface area contributed by atoms with E-state index in [1.807, 2.05) is 0 Å². The molecule has 1 unspecified atom stereocenters. The van der Waals surface area contributed by atoms with Gasteiger partial charge < -0.3 is 4.74 Å². The Morgan fingerprint density at radius 1 is 1.27 bits per heavy atom. The zero-order chi connectivity index (χ0) is 10.9. The summed E-state index contributed by atoms with van der Waals surface area (Å²) in [5.41, 5.74) is 0.566. The third kappa shape index (κ3) is 2.49. The van der Waals surface area contributed by atoms with Gasteiger partial charge in [-0.05, 0) is 12.1 Å². The maximum absolute atomic E-state index is 12.1. The van der Waals surface area contributed by atoms with Gasteiger partial charge in [-0.15, -0.1) is 0 Å². The number of halogens is 3. The maximum atomic E-state index is 12.1. The molecule has 0 bridgehead atoms. The second-order valence-electron chi connectivity index (χ2n) is 3.22. The normalized spacial score (nSPS) is 19.5. The quantitative estimate of drug-likeness (QED) is 0.705. The molecule has 2 rings (SSSR count).